The summed E-state index contributed by atoms with van der Waals surface area (Å²) in [5, 5.41) is 27.1. The van der Waals surface area contributed by atoms with Gasteiger partial charge in [0.25, 0.3) is 5.56 Å². The molecule has 0 atom stereocenters. The minimum Gasteiger partial charge on any atom is -0.506 e. The van der Waals surface area contributed by atoms with Crippen LogP contribution in [0.25, 0.3) is 22.2 Å². The van der Waals surface area contributed by atoms with E-state index in [1.807, 2.05) is 26.2 Å². The van der Waals surface area contributed by atoms with Gasteiger partial charge in [-0.2, -0.15) is 0 Å². The summed E-state index contributed by atoms with van der Waals surface area (Å²) in [4.78, 5) is 26.3. The summed E-state index contributed by atoms with van der Waals surface area (Å²) < 4.78 is 2.10. The maximum absolute atomic E-state index is 12.3. The number of fused-ring (bicyclic) bond motifs is 4. The van der Waals surface area contributed by atoms with Crippen LogP contribution in [0.2, 0.25) is 0 Å². The predicted molar refractivity (Wildman–Crippen MR) is 103 cm³/mol. The van der Waals surface area contributed by atoms with Crippen LogP contribution in [0, 0.1) is 0 Å². The molecule has 0 aliphatic carbocycles. The molecule has 0 saturated heterocycles. The third-order valence-corrected chi connectivity index (χ3v) is 5.10. The van der Waals surface area contributed by atoms with Gasteiger partial charge in [-0.25, -0.2) is 4.79 Å². The van der Waals surface area contributed by atoms with Crippen LogP contribution in [0.5, 0.6) is 5.75 Å². The first kappa shape index (κ1) is 17.2. The van der Waals surface area contributed by atoms with E-state index in [1.54, 1.807) is 0 Å². The number of aromatic amines is 1. The van der Waals surface area contributed by atoms with Crippen molar-refractivity contribution in [3.05, 3.63) is 45.4 Å². The van der Waals surface area contributed by atoms with E-state index in [0.717, 1.165) is 34.4 Å². The lowest BCUT2D eigenvalue weighted by atomic mass is 9.99. The number of benzene rings is 1. The number of pyridine rings is 1. The first-order valence-electron chi connectivity index (χ1n) is 8.65. The lowest BCUT2D eigenvalue weighted by Crippen LogP contribution is -2.20. The summed E-state index contributed by atoms with van der Waals surface area (Å²) in [5.41, 5.74) is 3.20. The Balaban J connectivity index is 2.01. The fraction of sp³-hybridized carbons (Fsp3) is 0.263. The number of aromatic nitrogens is 2. The Kier molecular flexibility index (Phi) is 3.92. The SMILES string of the molecule is CNCc1cc2cc3c(cc2n1C)NCCc1c-3[nH]c(=O)c(C(=O)O)c1O. The zero-order valence-corrected chi connectivity index (χ0v) is 15.0. The number of aryl methyl sites for hydroxylation is 1. The molecule has 4 rings (SSSR count). The Labute approximate surface area is 154 Å². The van der Waals surface area contributed by atoms with Gasteiger partial charge in [0.15, 0.2) is 5.56 Å². The largest absolute Gasteiger partial charge is 0.506 e. The number of H-pyrrole nitrogens is 1. The molecule has 0 unspecified atom stereocenters. The summed E-state index contributed by atoms with van der Waals surface area (Å²) in [5.74, 6) is -1.90. The molecule has 8 nitrogen and oxygen atoms in total. The van der Waals surface area contributed by atoms with Crippen LogP contribution < -0.4 is 16.2 Å². The third kappa shape index (κ3) is 2.57. The standard InChI is InChI=1S/C19H20N4O4/c1-20-8-10-5-9-6-12-13(7-14(9)23(10)2)21-4-3-11-16(12)22-18(25)15(17(11)24)19(26)27/h5-7,20-21H,3-4,8H2,1-2H3,(H,26,27)(H2,22,24,25). The normalized spacial score (nSPS) is 13.0. The lowest BCUT2D eigenvalue weighted by Gasteiger charge is -2.12. The molecule has 8 heteroatoms. The molecular formula is C19H20N4O4. The van der Waals surface area contributed by atoms with E-state index < -0.39 is 22.8 Å². The van der Waals surface area contributed by atoms with Crippen molar-refractivity contribution in [3.63, 3.8) is 0 Å². The number of rotatable bonds is 3. The number of carbonyl (C=O) groups is 1. The van der Waals surface area contributed by atoms with Crippen LogP contribution in [0.1, 0.15) is 21.6 Å². The van der Waals surface area contributed by atoms with E-state index in [1.165, 1.54) is 0 Å². The number of carboxylic acid groups (broad SMARTS) is 1. The van der Waals surface area contributed by atoms with Crippen LogP contribution in [0.4, 0.5) is 5.69 Å². The highest BCUT2D eigenvalue weighted by Crippen LogP contribution is 2.39. The molecule has 140 valence electrons. The molecule has 27 heavy (non-hydrogen) atoms. The van der Waals surface area contributed by atoms with Crippen molar-refractivity contribution in [3.8, 4) is 17.0 Å². The Hall–Kier alpha value is -3.26. The van der Waals surface area contributed by atoms with Gasteiger partial charge in [0.05, 0.1) is 11.2 Å². The molecule has 3 heterocycles. The van der Waals surface area contributed by atoms with Gasteiger partial charge in [-0.05, 0) is 31.7 Å². The fourth-order valence-corrected chi connectivity index (χ4v) is 3.77. The Morgan fingerprint density at radius 2 is 2.11 bits per heavy atom. The van der Waals surface area contributed by atoms with Crippen molar-refractivity contribution in [2.24, 2.45) is 7.05 Å². The molecule has 3 aromatic rings. The van der Waals surface area contributed by atoms with Crippen LogP contribution in [-0.2, 0) is 20.0 Å². The van der Waals surface area contributed by atoms with Crippen molar-refractivity contribution in [2.75, 3.05) is 18.9 Å². The molecule has 0 bridgehead atoms. The van der Waals surface area contributed by atoms with Gasteiger partial charge in [-0.15, -0.1) is 0 Å². The number of carboxylic acids is 1. The smallest absolute Gasteiger partial charge is 0.345 e. The fourth-order valence-electron chi connectivity index (χ4n) is 3.77. The lowest BCUT2D eigenvalue weighted by molar-refractivity contribution is 0.0691. The minimum atomic E-state index is -1.44. The van der Waals surface area contributed by atoms with Crippen LogP contribution in [-0.4, -0.2) is 39.3 Å². The summed E-state index contributed by atoms with van der Waals surface area (Å²) >= 11 is 0. The number of hydrogen-bond acceptors (Lipinski definition) is 5. The van der Waals surface area contributed by atoms with Gasteiger partial charge in [0.2, 0.25) is 0 Å². The number of anilines is 1. The summed E-state index contributed by atoms with van der Waals surface area (Å²) in [6.07, 6.45) is 0.397. The summed E-state index contributed by atoms with van der Waals surface area (Å²) in [7, 11) is 3.89. The molecule has 0 saturated carbocycles. The zero-order valence-electron chi connectivity index (χ0n) is 15.0. The highest BCUT2D eigenvalue weighted by Gasteiger charge is 2.26. The second-order valence-electron chi connectivity index (χ2n) is 6.69. The highest BCUT2D eigenvalue weighted by molar-refractivity contribution is 5.96. The second-order valence-corrected chi connectivity index (χ2v) is 6.69. The number of nitrogens with zero attached hydrogens (tertiary/aromatic N) is 1. The van der Waals surface area contributed by atoms with E-state index in [9.17, 15) is 19.8 Å². The molecule has 1 aliphatic heterocycles. The van der Waals surface area contributed by atoms with Crippen molar-refractivity contribution in [1.82, 2.24) is 14.9 Å². The molecule has 0 spiro atoms. The molecule has 1 aliphatic rings. The average molecular weight is 368 g/mol. The Bertz CT molecular complexity index is 1140. The number of nitrogens with one attached hydrogen (secondary N) is 3. The molecule has 5 N–H and O–H groups in total. The van der Waals surface area contributed by atoms with Crippen molar-refractivity contribution < 1.29 is 15.0 Å². The van der Waals surface area contributed by atoms with Gasteiger partial charge in [-0.1, -0.05) is 0 Å². The molecule has 0 fully saturated rings. The maximum Gasteiger partial charge on any atom is 0.345 e. The van der Waals surface area contributed by atoms with Crippen molar-refractivity contribution >= 4 is 22.6 Å². The Morgan fingerprint density at radius 1 is 1.33 bits per heavy atom. The Morgan fingerprint density at radius 3 is 2.81 bits per heavy atom. The molecule has 0 amide bonds. The molecule has 2 aromatic heterocycles. The summed E-state index contributed by atoms with van der Waals surface area (Å²) in [6, 6.07) is 6.04. The third-order valence-electron chi connectivity index (χ3n) is 5.10. The number of aromatic carboxylic acids is 1. The van der Waals surface area contributed by atoms with Gasteiger partial charge < -0.3 is 30.4 Å². The monoisotopic (exact) mass is 368 g/mol. The van der Waals surface area contributed by atoms with Crippen molar-refractivity contribution in [1.29, 1.82) is 0 Å². The quantitative estimate of drug-likeness (QED) is 0.479. The first-order chi connectivity index (χ1) is 12.9. The molecular weight excluding hydrogens is 348 g/mol. The molecule has 1 aromatic carbocycles. The van der Waals surface area contributed by atoms with Crippen LogP contribution in [0.3, 0.4) is 0 Å². The van der Waals surface area contributed by atoms with E-state index in [4.69, 9.17) is 0 Å². The van der Waals surface area contributed by atoms with Crippen LogP contribution >= 0.6 is 0 Å². The van der Waals surface area contributed by atoms with Gasteiger partial charge >= 0.3 is 5.97 Å². The van der Waals surface area contributed by atoms with Gasteiger partial charge in [0, 0.05) is 48.0 Å². The summed E-state index contributed by atoms with van der Waals surface area (Å²) in [6.45, 7) is 1.23. The van der Waals surface area contributed by atoms with Gasteiger partial charge in [-0.3, -0.25) is 4.79 Å². The van der Waals surface area contributed by atoms with E-state index in [0.29, 0.717) is 24.2 Å². The number of aromatic hydroxyl groups is 1. The van der Waals surface area contributed by atoms with Gasteiger partial charge in [0.1, 0.15) is 5.75 Å². The van der Waals surface area contributed by atoms with E-state index >= 15 is 0 Å². The van der Waals surface area contributed by atoms with E-state index in [-0.39, 0.29) is 0 Å². The minimum absolute atomic E-state index is 0.397. The highest BCUT2D eigenvalue weighted by atomic mass is 16.4. The number of hydrogen-bond donors (Lipinski definition) is 5. The van der Waals surface area contributed by atoms with Crippen molar-refractivity contribution in [2.45, 2.75) is 13.0 Å². The molecule has 0 radical (unpaired) electrons. The maximum atomic E-state index is 12.3. The first-order valence-corrected chi connectivity index (χ1v) is 8.65. The zero-order chi connectivity index (χ0) is 19.3. The predicted octanol–water partition coefficient (Wildman–Crippen LogP) is 1.62. The van der Waals surface area contributed by atoms with E-state index in [2.05, 4.69) is 26.3 Å². The second kappa shape index (κ2) is 6.17. The van der Waals surface area contributed by atoms with Crippen LogP contribution in [0.15, 0.2) is 23.0 Å². The topological polar surface area (TPSA) is 119 Å². The average Bonchev–Trinajstić information content (AvgIpc) is 2.80.